The minimum absolute atomic E-state index is 0.163. The van der Waals surface area contributed by atoms with Crippen LogP contribution in [0.2, 0.25) is 5.02 Å². The van der Waals surface area contributed by atoms with E-state index < -0.39 is 5.76 Å². The van der Waals surface area contributed by atoms with E-state index in [1.807, 2.05) is 12.1 Å². The molecule has 0 saturated carbocycles. The van der Waals surface area contributed by atoms with Gasteiger partial charge in [-0.15, -0.1) is 0 Å². The van der Waals surface area contributed by atoms with Crippen molar-refractivity contribution in [3.8, 4) is 0 Å². The molecular weight excluding hydrogens is 372 g/mol. The average molecular weight is 383 g/mol. The minimum Gasteiger partial charge on any atom is -0.463 e. The predicted octanol–water partition coefficient (Wildman–Crippen LogP) is 5.76. The Hall–Kier alpha value is -0.720. The van der Waals surface area contributed by atoms with Crippen LogP contribution in [0.5, 0.6) is 0 Å². The van der Waals surface area contributed by atoms with Gasteiger partial charge < -0.3 is 9.73 Å². The second-order valence-electron chi connectivity index (χ2n) is 3.92. The Morgan fingerprint density at radius 3 is 2.70 bits per heavy atom. The molecule has 2 rings (SSSR count). The van der Waals surface area contributed by atoms with Gasteiger partial charge in [-0.1, -0.05) is 39.3 Å². The monoisotopic (exact) mass is 381 g/mol. The summed E-state index contributed by atoms with van der Waals surface area (Å²) in [5.74, 6) is -1.01. The van der Waals surface area contributed by atoms with Crippen molar-refractivity contribution in [1.82, 2.24) is 0 Å². The van der Waals surface area contributed by atoms with Crippen LogP contribution in [0.25, 0.3) is 0 Å². The van der Waals surface area contributed by atoms with Crippen molar-refractivity contribution in [2.75, 3.05) is 5.32 Å². The standard InChI is InChI=1S/C13H11BrClF2NOS/c14-8-1-4-12(11(15)5-8)18-6-9-2-3-10(19-9)7-20-13(16)17/h1-5,13,18H,6-7H2. The van der Waals surface area contributed by atoms with Crippen LogP contribution in [0, 0.1) is 0 Å². The minimum atomic E-state index is -2.39. The summed E-state index contributed by atoms with van der Waals surface area (Å²) in [5.41, 5.74) is 0.787. The Bertz CT molecular complexity index is 579. The average Bonchev–Trinajstić information content (AvgIpc) is 2.83. The summed E-state index contributed by atoms with van der Waals surface area (Å²) in [4.78, 5) is 0. The zero-order chi connectivity index (χ0) is 14.5. The van der Waals surface area contributed by atoms with Gasteiger partial charge in [0, 0.05) is 4.47 Å². The lowest BCUT2D eigenvalue weighted by Gasteiger charge is -2.07. The number of thioether (sulfide) groups is 1. The topological polar surface area (TPSA) is 25.2 Å². The Morgan fingerprint density at radius 1 is 1.25 bits per heavy atom. The molecule has 0 spiro atoms. The van der Waals surface area contributed by atoms with E-state index in [0.29, 0.717) is 34.8 Å². The zero-order valence-electron chi connectivity index (χ0n) is 10.2. The van der Waals surface area contributed by atoms with Crippen molar-refractivity contribution in [3.05, 3.63) is 51.3 Å². The number of nitrogens with one attached hydrogen (secondary N) is 1. The van der Waals surface area contributed by atoms with E-state index in [9.17, 15) is 8.78 Å². The fourth-order valence-corrected chi connectivity index (χ4v) is 2.74. The van der Waals surface area contributed by atoms with Gasteiger partial charge in [-0.05, 0) is 30.3 Å². The molecule has 0 aliphatic rings. The van der Waals surface area contributed by atoms with Gasteiger partial charge in [-0.2, -0.15) is 8.78 Å². The number of anilines is 1. The number of rotatable bonds is 6. The van der Waals surface area contributed by atoms with Crippen LogP contribution in [-0.4, -0.2) is 5.76 Å². The molecule has 20 heavy (non-hydrogen) atoms. The van der Waals surface area contributed by atoms with Gasteiger partial charge in [0.15, 0.2) is 0 Å². The van der Waals surface area contributed by atoms with Crippen molar-refractivity contribution in [3.63, 3.8) is 0 Å². The molecule has 0 unspecified atom stereocenters. The maximum absolute atomic E-state index is 12.1. The van der Waals surface area contributed by atoms with Crippen LogP contribution in [0.4, 0.5) is 14.5 Å². The summed E-state index contributed by atoms with van der Waals surface area (Å²) in [7, 11) is 0. The highest BCUT2D eigenvalue weighted by molar-refractivity contribution is 9.10. The van der Waals surface area contributed by atoms with Gasteiger partial charge in [-0.25, -0.2) is 0 Å². The number of hydrogen-bond donors (Lipinski definition) is 1. The lowest BCUT2D eigenvalue weighted by Crippen LogP contribution is -1.98. The highest BCUT2D eigenvalue weighted by Gasteiger charge is 2.08. The molecular formula is C13H11BrClF2NOS. The van der Waals surface area contributed by atoms with Crippen LogP contribution in [0.1, 0.15) is 11.5 Å². The third-order valence-corrected chi connectivity index (χ3v) is 3.96. The molecule has 0 aliphatic heterocycles. The molecule has 1 heterocycles. The van der Waals surface area contributed by atoms with Crippen molar-refractivity contribution in [2.24, 2.45) is 0 Å². The molecule has 1 aromatic carbocycles. The van der Waals surface area contributed by atoms with Crippen molar-refractivity contribution >= 4 is 45.0 Å². The number of hydrogen-bond acceptors (Lipinski definition) is 3. The molecule has 1 aromatic heterocycles. The largest absolute Gasteiger partial charge is 0.463 e. The fourth-order valence-electron chi connectivity index (χ4n) is 1.56. The van der Waals surface area contributed by atoms with Crippen LogP contribution in [0.15, 0.2) is 39.2 Å². The molecule has 2 aromatic rings. The first kappa shape index (κ1) is 15.7. The van der Waals surface area contributed by atoms with Crippen molar-refractivity contribution in [2.45, 2.75) is 18.1 Å². The Morgan fingerprint density at radius 2 is 2.00 bits per heavy atom. The molecule has 0 radical (unpaired) electrons. The predicted molar refractivity (Wildman–Crippen MR) is 82.5 cm³/mol. The lowest BCUT2D eigenvalue weighted by molar-refractivity contribution is 0.251. The maximum Gasteiger partial charge on any atom is 0.284 e. The van der Waals surface area contributed by atoms with Crippen molar-refractivity contribution in [1.29, 1.82) is 0 Å². The van der Waals surface area contributed by atoms with E-state index in [2.05, 4.69) is 21.2 Å². The molecule has 2 nitrogen and oxygen atoms in total. The van der Waals surface area contributed by atoms with Gasteiger partial charge in [0.05, 0.1) is 23.0 Å². The van der Waals surface area contributed by atoms with E-state index in [4.69, 9.17) is 16.0 Å². The van der Waals surface area contributed by atoms with Crippen LogP contribution in [0.3, 0.4) is 0 Å². The van der Waals surface area contributed by atoms with E-state index in [-0.39, 0.29) is 5.75 Å². The Balaban J connectivity index is 1.90. The van der Waals surface area contributed by atoms with Gasteiger partial charge in [0.25, 0.3) is 5.76 Å². The summed E-state index contributed by atoms with van der Waals surface area (Å²) in [6.07, 6.45) is 0. The molecule has 0 atom stereocenters. The van der Waals surface area contributed by atoms with Crippen LogP contribution >= 0.6 is 39.3 Å². The van der Waals surface area contributed by atoms with Gasteiger partial charge >= 0.3 is 0 Å². The Labute approximate surface area is 133 Å². The van der Waals surface area contributed by atoms with E-state index in [1.165, 1.54) is 0 Å². The first-order chi connectivity index (χ1) is 9.54. The molecule has 0 saturated heterocycles. The molecule has 0 fully saturated rings. The summed E-state index contributed by atoms with van der Waals surface area (Å²) in [6, 6.07) is 8.98. The smallest absolute Gasteiger partial charge is 0.284 e. The number of halogens is 4. The molecule has 0 amide bonds. The number of alkyl halides is 2. The van der Waals surface area contributed by atoms with E-state index >= 15 is 0 Å². The first-order valence-electron chi connectivity index (χ1n) is 5.71. The SMILES string of the molecule is FC(F)SCc1ccc(CNc2ccc(Br)cc2Cl)o1. The maximum atomic E-state index is 12.1. The fraction of sp³-hybridized carbons (Fsp3) is 0.231. The second-order valence-corrected chi connectivity index (χ2v) is 6.22. The first-order valence-corrected chi connectivity index (χ1v) is 7.93. The zero-order valence-corrected chi connectivity index (χ0v) is 13.4. The second kappa shape index (κ2) is 7.33. The molecule has 0 bridgehead atoms. The van der Waals surface area contributed by atoms with Gasteiger partial charge in [0.1, 0.15) is 11.5 Å². The van der Waals surface area contributed by atoms with Crippen LogP contribution < -0.4 is 5.32 Å². The molecule has 0 aliphatic carbocycles. The highest BCUT2D eigenvalue weighted by atomic mass is 79.9. The Kier molecular flexibility index (Phi) is 5.74. The van der Waals surface area contributed by atoms with Gasteiger partial charge in [-0.3, -0.25) is 0 Å². The number of benzene rings is 1. The van der Waals surface area contributed by atoms with Crippen LogP contribution in [-0.2, 0) is 12.3 Å². The normalized spacial score (nSPS) is 11.1. The molecule has 7 heteroatoms. The number of furan rings is 1. The summed E-state index contributed by atoms with van der Waals surface area (Å²) in [6.45, 7) is 0.445. The highest BCUT2D eigenvalue weighted by Crippen LogP contribution is 2.26. The summed E-state index contributed by atoms with van der Waals surface area (Å²) < 4.78 is 30.5. The van der Waals surface area contributed by atoms with E-state index in [1.54, 1.807) is 18.2 Å². The third kappa shape index (κ3) is 4.68. The van der Waals surface area contributed by atoms with Crippen molar-refractivity contribution < 1.29 is 13.2 Å². The lowest BCUT2D eigenvalue weighted by atomic mass is 10.3. The summed E-state index contributed by atoms with van der Waals surface area (Å²) in [5, 5.41) is 3.73. The summed E-state index contributed by atoms with van der Waals surface area (Å²) >= 11 is 9.95. The van der Waals surface area contributed by atoms with Gasteiger partial charge in [0.2, 0.25) is 0 Å². The quantitative estimate of drug-likeness (QED) is 0.687. The molecule has 108 valence electrons. The van der Waals surface area contributed by atoms with E-state index in [0.717, 1.165) is 10.2 Å². The third-order valence-electron chi connectivity index (χ3n) is 2.45. The molecule has 1 N–H and O–H groups in total.